The summed E-state index contributed by atoms with van der Waals surface area (Å²) in [5.74, 6) is 0.976. The zero-order valence-corrected chi connectivity index (χ0v) is 11.3. The van der Waals surface area contributed by atoms with Gasteiger partial charge >= 0.3 is 0 Å². The van der Waals surface area contributed by atoms with E-state index in [0.29, 0.717) is 0 Å². The van der Waals surface area contributed by atoms with E-state index in [0.717, 1.165) is 19.0 Å². The van der Waals surface area contributed by atoms with Gasteiger partial charge < -0.3 is 9.88 Å². The van der Waals surface area contributed by atoms with Crippen molar-refractivity contribution in [2.24, 2.45) is 0 Å². The summed E-state index contributed by atoms with van der Waals surface area (Å²) in [5.41, 5.74) is 0. The molecule has 2 heterocycles. The molecule has 0 radical (unpaired) electrons. The number of nitrogens with zero attached hydrogens (tertiary/aromatic N) is 2. The zero-order chi connectivity index (χ0) is 12.1. The first-order valence-corrected chi connectivity index (χ1v) is 6.91. The number of anilines is 1. The van der Waals surface area contributed by atoms with Crippen LogP contribution in [-0.4, -0.2) is 9.55 Å². The highest BCUT2D eigenvalue weighted by atomic mass is 32.1. The molecule has 0 unspecified atom stereocenters. The van der Waals surface area contributed by atoms with E-state index in [1.807, 2.05) is 23.7 Å². The second-order valence-corrected chi connectivity index (χ2v) is 5.54. The van der Waals surface area contributed by atoms with Crippen LogP contribution in [0.3, 0.4) is 0 Å². The van der Waals surface area contributed by atoms with Crippen molar-refractivity contribution in [2.45, 2.75) is 39.8 Å². The minimum atomic E-state index is 0.863. The van der Waals surface area contributed by atoms with Crippen LogP contribution >= 0.6 is 11.3 Å². The molecule has 0 bridgehead atoms. The Kier molecular flexibility index (Phi) is 4.20. The lowest BCUT2D eigenvalue weighted by atomic mass is 10.3. The molecule has 2 rings (SSSR count). The molecule has 0 aliphatic carbocycles. The number of aryl methyl sites for hydroxylation is 2. The Morgan fingerprint density at radius 2 is 2.29 bits per heavy atom. The predicted molar refractivity (Wildman–Crippen MR) is 73.5 cm³/mol. The maximum Gasteiger partial charge on any atom is 0.203 e. The summed E-state index contributed by atoms with van der Waals surface area (Å²) in [7, 11) is 0. The average molecular weight is 249 g/mol. The smallest absolute Gasteiger partial charge is 0.203 e. The molecule has 0 saturated carbocycles. The van der Waals surface area contributed by atoms with E-state index >= 15 is 0 Å². The maximum atomic E-state index is 4.35. The molecule has 0 spiro atoms. The van der Waals surface area contributed by atoms with Gasteiger partial charge in [0.05, 0.1) is 6.54 Å². The number of imidazole rings is 1. The maximum absolute atomic E-state index is 4.35. The Hall–Kier alpha value is -1.29. The third-order valence-corrected chi connectivity index (χ3v) is 3.69. The number of aromatic nitrogens is 2. The van der Waals surface area contributed by atoms with Crippen molar-refractivity contribution in [2.75, 3.05) is 5.32 Å². The first-order valence-electron chi connectivity index (χ1n) is 6.10. The second-order valence-electron chi connectivity index (χ2n) is 4.16. The normalized spacial score (nSPS) is 10.7. The Balaban J connectivity index is 1.92. The molecule has 17 heavy (non-hydrogen) atoms. The van der Waals surface area contributed by atoms with E-state index in [-0.39, 0.29) is 0 Å². The van der Waals surface area contributed by atoms with Crippen LogP contribution in [0.25, 0.3) is 0 Å². The van der Waals surface area contributed by atoms with Gasteiger partial charge in [0.25, 0.3) is 0 Å². The fourth-order valence-corrected chi connectivity index (χ4v) is 2.56. The molecule has 0 atom stereocenters. The van der Waals surface area contributed by atoms with Crippen molar-refractivity contribution in [1.29, 1.82) is 0 Å². The van der Waals surface area contributed by atoms with Crippen LogP contribution in [0.5, 0.6) is 0 Å². The molecule has 0 aromatic carbocycles. The molecule has 0 fully saturated rings. The first kappa shape index (κ1) is 12.2. The van der Waals surface area contributed by atoms with Gasteiger partial charge in [-0.1, -0.05) is 13.3 Å². The van der Waals surface area contributed by atoms with Gasteiger partial charge in [0.1, 0.15) is 0 Å². The third-order valence-electron chi connectivity index (χ3n) is 2.68. The largest absolute Gasteiger partial charge is 0.351 e. The number of unbranched alkanes of at least 4 members (excludes halogenated alkanes) is 1. The van der Waals surface area contributed by atoms with Crippen LogP contribution in [-0.2, 0) is 13.1 Å². The number of thiophene rings is 1. The van der Waals surface area contributed by atoms with Crippen LogP contribution in [0.4, 0.5) is 5.95 Å². The van der Waals surface area contributed by atoms with E-state index in [2.05, 4.69) is 40.8 Å². The summed E-state index contributed by atoms with van der Waals surface area (Å²) >= 11 is 1.83. The van der Waals surface area contributed by atoms with Gasteiger partial charge in [0.15, 0.2) is 0 Å². The predicted octanol–water partition coefficient (Wildman–Crippen LogP) is 3.67. The fraction of sp³-hybridized carbons (Fsp3) is 0.462. The SMILES string of the molecule is CCCCn1ccnc1NCc1ccc(C)s1. The minimum Gasteiger partial charge on any atom is -0.351 e. The summed E-state index contributed by atoms with van der Waals surface area (Å²) in [6.07, 6.45) is 6.31. The highest BCUT2D eigenvalue weighted by Crippen LogP contribution is 2.16. The van der Waals surface area contributed by atoms with Crippen molar-refractivity contribution < 1.29 is 0 Å². The van der Waals surface area contributed by atoms with E-state index in [1.165, 1.54) is 22.6 Å². The molecular formula is C13H19N3S. The van der Waals surface area contributed by atoms with Crippen molar-refractivity contribution in [1.82, 2.24) is 9.55 Å². The van der Waals surface area contributed by atoms with Gasteiger partial charge in [-0.15, -0.1) is 11.3 Å². The molecule has 2 aromatic heterocycles. The van der Waals surface area contributed by atoms with Gasteiger partial charge in [0.2, 0.25) is 5.95 Å². The lowest BCUT2D eigenvalue weighted by molar-refractivity contribution is 0.635. The summed E-state index contributed by atoms with van der Waals surface area (Å²) < 4.78 is 2.18. The van der Waals surface area contributed by atoms with Gasteiger partial charge in [-0.3, -0.25) is 0 Å². The number of rotatable bonds is 6. The summed E-state index contributed by atoms with van der Waals surface area (Å²) in [5, 5.41) is 3.39. The van der Waals surface area contributed by atoms with E-state index in [9.17, 15) is 0 Å². The first-order chi connectivity index (χ1) is 8.29. The van der Waals surface area contributed by atoms with Crippen molar-refractivity contribution in [3.63, 3.8) is 0 Å². The molecule has 4 heteroatoms. The highest BCUT2D eigenvalue weighted by Gasteiger charge is 2.02. The Morgan fingerprint density at radius 1 is 1.41 bits per heavy atom. The number of hydrogen-bond donors (Lipinski definition) is 1. The van der Waals surface area contributed by atoms with Gasteiger partial charge in [-0.25, -0.2) is 4.98 Å². The molecule has 2 aromatic rings. The average Bonchev–Trinajstić information content (AvgIpc) is 2.92. The quantitative estimate of drug-likeness (QED) is 0.846. The molecule has 0 aliphatic rings. The summed E-state index contributed by atoms with van der Waals surface area (Å²) in [6.45, 7) is 6.25. The zero-order valence-electron chi connectivity index (χ0n) is 10.4. The number of nitrogens with one attached hydrogen (secondary N) is 1. The van der Waals surface area contributed by atoms with Crippen molar-refractivity contribution in [3.8, 4) is 0 Å². The van der Waals surface area contributed by atoms with Crippen LogP contribution in [0.15, 0.2) is 24.5 Å². The van der Waals surface area contributed by atoms with Crippen LogP contribution < -0.4 is 5.32 Å². The van der Waals surface area contributed by atoms with Crippen LogP contribution in [0.1, 0.15) is 29.5 Å². The summed E-state index contributed by atoms with van der Waals surface area (Å²) in [6, 6.07) is 4.33. The second kappa shape index (κ2) is 5.87. The Labute approximate surface area is 107 Å². The molecule has 3 nitrogen and oxygen atoms in total. The van der Waals surface area contributed by atoms with Crippen molar-refractivity contribution in [3.05, 3.63) is 34.3 Å². The van der Waals surface area contributed by atoms with Gasteiger partial charge in [-0.05, 0) is 25.5 Å². The molecule has 0 saturated heterocycles. The monoisotopic (exact) mass is 249 g/mol. The molecule has 0 amide bonds. The molecule has 0 aliphatic heterocycles. The molecule has 1 N–H and O–H groups in total. The summed E-state index contributed by atoms with van der Waals surface area (Å²) in [4.78, 5) is 7.06. The fourth-order valence-electron chi connectivity index (χ4n) is 1.73. The van der Waals surface area contributed by atoms with E-state index in [4.69, 9.17) is 0 Å². The van der Waals surface area contributed by atoms with Gasteiger partial charge in [0, 0.05) is 28.7 Å². The van der Waals surface area contributed by atoms with Gasteiger partial charge in [-0.2, -0.15) is 0 Å². The lowest BCUT2D eigenvalue weighted by Crippen LogP contribution is -2.06. The molecule has 92 valence electrons. The third kappa shape index (κ3) is 3.33. The number of hydrogen-bond acceptors (Lipinski definition) is 3. The van der Waals surface area contributed by atoms with Crippen LogP contribution in [0.2, 0.25) is 0 Å². The van der Waals surface area contributed by atoms with Crippen molar-refractivity contribution >= 4 is 17.3 Å². The lowest BCUT2D eigenvalue weighted by Gasteiger charge is -2.08. The molecular weight excluding hydrogens is 230 g/mol. The Morgan fingerprint density at radius 3 is 3.00 bits per heavy atom. The topological polar surface area (TPSA) is 29.9 Å². The highest BCUT2D eigenvalue weighted by molar-refractivity contribution is 7.11. The van der Waals surface area contributed by atoms with E-state index < -0.39 is 0 Å². The van der Waals surface area contributed by atoms with Crippen LogP contribution in [0, 0.1) is 6.92 Å². The van der Waals surface area contributed by atoms with E-state index in [1.54, 1.807) is 0 Å². The standard InChI is InChI=1S/C13H19N3S/c1-3-4-8-16-9-7-14-13(16)15-10-12-6-5-11(2)17-12/h5-7,9H,3-4,8,10H2,1-2H3,(H,14,15). The Bertz CT molecular complexity index is 459. The minimum absolute atomic E-state index is 0.863.